The van der Waals surface area contributed by atoms with Crippen LogP contribution in [0.4, 0.5) is 5.00 Å². The van der Waals surface area contributed by atoms with Crippen LogP contribution in [0.2, 0.25) is 0 Å². The van der Waals surface area contributed by atoms with E-state index >= 15 is 0 Å². The summed E-state index contributed by atoms with van der Waals surface area (Å²) in [6, 6.07) is 12.9. The van der Waals surface area contributed by atoms with Gasteiger partial charge in [0.2, 0.25) is 0 Å². The molecule has 0 atom stereocenters. The Morgan fingerprint density at radius 2 is 2.03 bits per heavy atom. The lowest BCUT2D eigenvalue weighted by atomic mass is 10.1. The summed E-state index contributed by atoms with van der Waals surface area (Å²) in [5.74, 6) is 0.699. The molecular formula is C25H22N2O4S. The number of furan rings is 1. The molecule has 0 bridgehead atoms. The maximum atomic E-state index is 13.5. The highest BCUT2D eigenvalue weighted by atomic mass is 32.1. The predicted molar refractivity (Wildman–Crippen MR) is 124 cm³/mol. The molecule has 4 aromatic rings. The second kappa shape index (κ2) is 8.24. The van der Waals surface area contributed by atoms with Gasteiger partial charge >= 0.3 is 5.97 Å². The van der Waals surface area contributed by atoms with E-state index in [0.29, 0.717) is 33.1 Å². The van der Waals surface area contributed by atoms with Crippen molar-refractivity contribution in [3.05, 3.63) is 69.8 Å². The predicted octanol–water partition coefficient (Wildman–Crippen LogP) is 5.78. The van der Waals surface area contributed by atoms with E-state index in [0.717, 1.165) is 40.8 Å². The van der Waals surface area contributed by atoms with Gasteiger partial charge in [0, 0.05) is 10.3 Å². The number of esters is 1. The van der Waals surface area contributed by atoms with Gasteiger partial charge in [-0.05, 0) is 62.9 Å². The van der Waals surface area contributed by atoms with Crippen LogP contribution in [0.3, 0.4) is 0 Å². The fraction of sp³-hybridized carbons (Fsp3) is 0.240. The SMILES string of the molecule is CCOC(=O)c1c(NC(=O)c2cc(-c3ccc(C)o3)nc3ccccc23)sc2c1CCC2. The Labute approximate surface area is 189 Å². The molecule has 7 heteroatoms. The van der Waals surface area contributed by atoms with E-state index in [1.165, 1.54) is 11.3 Å². The van der Waals surface area contributed by atoms with Crippen LogP contribution in [0.25, 0.3) is 22.4 Å². The van der Waals surface area contributed by atoms with Crippen molar-refractivity contribution in [3.8, 4) is 11.5 Å². The first-order chi connectivity index (χ1) is 15.5. The van der Waals surface area contributed by atoms with Crippen molar-refractivity contribution in [2.24, 2.45) is 0 Å². The molecule has 3 aromatic heterocycles. The van der Waals surface area contributed by atoms with E-state index in [1.54, 1.807) is 13.0 Å². The minimum atomic E-state index is -0.381. The number of hydrogen-bond donors (Lipinski definition) is 1. The summed E-state index contributed by atoms with van der Waals surface area (Å²) in [6.45, 7) is 3.94. The topological polar surface area (TPSA) is 81.4 Å². The number of aromatic nitrogens is 1. The molecule has 1 N–H and O–H groups in total. The summed E-state index contributed by atoms with van der Waals surface area (Å²) in [7, 11) is 0. The standard InChI is InChI=1S/C25H22N2O4S/c1-3-30-25(29)22-16-8-6-10-21(16)32-24(22)27-23(28)17-13-19(20-12-11-14(2)31-20)26-18-9-5-4-7-15(17)18/h4-5,7,9,11-13H,3,6,8,10H2,1-2H3,(H,27,28). The number of amides is 1. The Balaban J connectivity index is 1.57. The molecule has 1 aromatic carbocycles. The van der Waals surface area contributed by atoms with Crippen LogP contribution in [-0.2, 0) is 17.6 Å². The van der Waals surface area contributed by atoms with Gasteiger partial charge in [0.15, 0.2) is 5.76 Å². The number of fused-ring (bicyclic) bond motifs is 2. The van der Waals surface area contributed by atoms with Crippen molar-refractivity contribution in [1.82, 2.24) is 4.98 Å². The number of benzene rings is 1. The van der Waals surface area contributed by atoms with Crippen molar-refractivity contribution in [2.45, 2.75) is 33.1 Å². The number of ether oxygens (including phenoxy) is 1. The van der Waals surface area contributed by atoms with E-state index in [4.69, 9.17) is 9.15 Å². The van der Waals surface area contributed by atoms with Crippen LogP contribution in [0.5, 0.6) is 0 Å². The van der Waals surface area contributed by atoms with Crippen molar-refractivity contribution in [2.75, 3.05) is 11.9 Å². The molecule has 5 rings (SSSR count). The molecule has 3 heterocycles. The van der Waals surface area contributed by atoms with Gasteiger partial charge in [-0.3, -0.25) is 4.79 Å². The first-order valence-electron chi connectivity index (χ1n) is 10.6. The third kappa shape index (κ3) is 3.58. The zero-order chi connectivity index (χ0) is 22.2. The third-order valence-corrected chi connectivity index (χ3v) is 6.79. The number of pyridine rings is 1. The highest BCUT2D eigenvalue weighted by Gasteiger charge is 2.29. The minimum Gasteiger partial charge on any atom is -0.462 e. The molecule has 0 aliphatic heterocycles. The summed E-state index contributed by atoms with van der Waals surface area (Å²) in [6.07, 6.45) is 2.77. The lowest BCUT2D eigenvalue weighted by Gasteiger charge is -2.11. The molecule has 1 aliphatic rings. The molecule has 0 unspecified atom stereocenters. The number of nitrogens with one attached hydrogen (secondary N) is 1. The van der Waals surface area contributed by atoms with Crippen LogP contribution >= 0.6 is 11.3 Å². The molecule has 32 heavy (non-hydrogen) atoms. The van der Waals surface area contributed by atoms with Crippen LogP contribution < -0.4 is 5.32 Å². The number of para-hydroxylation sites is 1. The number of anilines is 1. The van der Waals surface area contributed by atoms with Gasteiger partial charge in [-0.2, -0.15) is 0 Å². The Bertz CT molecular complexity index is 1350. The summed E-state index contributed by atoms with van der Waals surface area (Å²) >= 11 is 1.47. The fourth-order valence-corrected chi connectivity index (χ4v) is 5.42. The lowest BCUT2D eigenvalue weighted by Crippen LogP contribution is -2.16. The van der Waals surface area contributed by atoms with E-state index < -0.39 is 0 Å². The van der Waals surface area contributed by atoms with Gasteiger partial charge in [-0.25, -0.2) is 9.78 Å². The van der Waals surface area contributed by atoms with E-state index in [1.807, 2.05) is 43.3 Å². The van der Waals surface area contributed by atoms with Crippen molar-refractivity contribution < 1.29 is 18.7 Å². The maximum absolute atomic E-state index is 13.5. The zero-order valence-electron chi connectivity index (χ0n) is 17.9. The average molecular weight is 447 g/mol. The molecule has 0 saturated heterocycles. The largest absolute Gasteiger partial charge is 0.462 e. The first-order valence-corrected chi connectivity index (χ1v) is 11.5. The molecule has 6 nitrogen and oxygen atoms in total. The van der Waals surface area contributed by atoms with E-state index in [2.05, 4.69) is 10.3 Å². The fourth-order valence-electron chi connectivity index (χ4n) is 4.14. The molecule has 1 aliphatic carbocycles. The first kappa shape index (κ1) is 20.5. The van der Waals surface area contributed by atoms with Crippen molar-refractivity contribution >= 4 is 39.1 Å². The quantitative estimate of drug-likeness (QED) is 0.393. The number of nitrogens with zero attached hydrogens (tertiary/aromatic N) is 1. The van der Waals surface area contributed by atoms with Gasteiger partial charge in [0.1, 0.15) is 16.5 Å². The average Bonchev–Trinajstić information content (AvgIpc) is 3.49. The molecule has 162 valence electrons. The van der Waals surface area contributed by atoms with Crippen LogP contribution in [0.1, 0.15) is 50.3 Å². The van der Waals surface area contributed by atoms with Crippen LogP contribution in [-0.4, -0.2) is 23.5 Å². The smallest absolute Gasteiger partial charge is 0.341 e. The summed E-state index contributed by atoms with van der Waals surface area (Å²) < 4.78 is 11.0. The van der Waals surface area contributed by atoms with Crippen LogP contribution in [0, 0.1) is 6.92 Å². The summed E-state index contributed by atoms with van der Waals surface area (Å²) in [5.41, 5.74) is 3.26. The molecule has 0 radical (unpaired) electrons. The molecule has 0 fully saturated rings. The van der Waals surface area contributed by atoms with Gasteiger partial charge in [-0.1, -0.05) is 18.2 Å². The number of carbonyl (C=O) groups is 2. The molecular weight excluding hydrogens is 424 g/mol. The van der Waals surface area contributed by atoms with Crippen LogP contribution in [0.15, 0.2) is 46.9 Å². The number of carbonyl (C=O) groups excluding carboxylic acids is 2. The van der Waals surface area contributed by atoms with Gasteiger partial charge < -0.3 is 14.5 Å². The number of aryl methyl sites for hydroxylation is 2. The maximum Gasteiger partial charge on any atom is 0.341 e. The third-order valence-electron chi connectivity index (χ3n) is 5.58. The van der Waals surface area contributed by atoms with Gasteiger partial charge in [0.25, 0.3) is 5.91 Å². The molecule has 0 saturated carbocycles. The van der Waals surface area contributed by atoms with Crippen molar-refractivity contribution in [3.63, 3.8) is 0 Å². The number of hydrogen-bond acceptors (Lipinski definition) is 6. The highest BCUT2D eigenvalue weighted by Crippen LogP contribution is 2.40. The summed E-state index contributed by atoms with van der Waals surface area (Å²) in [5, 5.41) is 4.28. The van der Waals surface area contributed by atoms with E-state index in [-0.39, 0.29) is 18.5 Å². The number of rotatable bonds is 5. The zero-order valence-corrected chi connectivity index (χ0v) is 18.7. The Morgan fingerprint density at radius 3 is 2.81 bits per heavy atom. The Morgan fingerprint density at radius 1 is 1.19 bits per heavy atom. The number of thiophene rings is 1. The van der Waals surface area contributed by atoms with Gasteiger partial charge in [0.05, 0.1) is 23.3 Å². The highest BCUT2D eigenvalue weighted by molar-refractivity contribution is 7.17. The lowest BCUT2D eigenvalue weighted by molar-refractivity contribution is 0.0527. The van der Waals surface area contributed by atoms with Crippen molar-refractivity contribution in [1.29, 1.82) is 0 Å². The monoisotopic (exact) mass is 446 g/mol. The van der Waals surface area contributed by atoms with E-state index in [9.17, 15) is 9.59 Å². The minimum absolute atomic E-state index is 0.289. The molecule has 0 spiro atoms. The second-order valence-corrected chi connectivity index (χ2v) is 8.82. The van der Waals surface area contributed by atoms with Gasteiger partial charge in [-0.15, -0.1) is 11.3 Å². The second-order valence-electron chi connectivity index (χ2n) is 7.72. The Hall–Kier alpha value is -3.45. The molecule has 1 amide bonds. The Kier molecular flexibility index (Phi) is 5.27. The normalized spacial score (nSPS) is 12.7. The summed E-state index contributed by atoms with van der Waals surface area (Å²) in [4.78, 5) is 32.0.